The van der Waals surface area contributed by atoms with Crippen molar-refractivity contribution in [1.29, 1.82) is 0 Å². The van der Waals surface area contributed by atoms with E-state index in [-0.39, 0.29) is 7.74 Å². The fourth-order valence-corrected chi connectivity index (χ4v) is 13.6. The van der Waals surface area contributed by atoms with Crippen LogP contribution in [-0.2, 0) is 28.9 Å². The minimum atomic E-state index is -4.69. The van der Waals surface area contributed by atoms with Crippen LogP contribution in [-0.4, -0.2) is 0 Å². The van der Waals surface area contributed by atoms with Crippen LogP contribution in [0.5, 0.6) is 0 Å². The van der Waals surface area contributed by atoms with Gasteiger partial charge in [0.15, 0.2) is 0 Å². The van der Waals surface area contributed by atoms with Crippen LogP contribution in [0.15, 0.2) is 80.6 Å². The van der Waals surface area contributed by atoms with Crippen LogP contribution >= 0.6 is 0 Å². The monoisotopic (exact) mass is 496 g/mol. The molecule has 0 heterocycles. The van der Waals surface area contributed by atoms with Gasteiger partial charge < -0.3 is 0 Å². The fraction of sp³-hybridized carbons (Fsp3) is 0.231. The van der Waals surface area contributed by atoms with Gasteiger partial charge in [0, 0.05) is 0 Å². The van der Waals surface area contributed by atoms with Crippen molar-refractivity contribution < 1.29 is 42.9 Å². The van der Waals surface area contributed by atoms with E-state index in [1.165, 1.54) is 12.1 Å². The molecule has 0 atom stereocenters. The van der Waals surface area contributed by atoms with Crippen LogP contribution in [0.3, 0.4) is 0 Å². The summed E-state index contributed by atoms with van der Waals surface area (Å²) in [4.78, 5) is 0. The summed E-state index contributed by atoms with van der Waals surface area (Å²) in [6, 6.07) is 8.16. The maximum atomic E-state index is 14.4. The summed E-state index contributed by atoms with van der Waals surface area (Å²) in [6.07, 6.45) is 1.85. The quantitative estimate of drug-likeness (QED) is 0.312. The summed E-state index contributed by atoms with van der Waals surface area (Å²) in [5.41, 5.74) is -0.840. The Morgan fingerprint density at radius 1 is 0.636 bits per heavy atom. The second-order valence-corrected chi connectivity index (χ2v) is 14.5. The van der Waals surface area contributed by atoms with Crippen molar-refractivity contribution >= 4 is 7.74 Å². The van der Waals surface area contributed by atoms with Crippen LogP contribution in [0.4, 0.5) is 26.3 Å². The van der Waals surface area contributed by atoms with Crippen molar-refractivity contribution in [2.24, 2.45) is 0 Å². The van der Waals surface area contributed by atoms with E-state index >= 15 is 0 Å². The van der Waals surface area contributed by atoms with Gasteiger partial charge in [-0.1, -0.05) is 0 Å². The fourth-order valence-electron chi connectivity index (χ4n) is 4.93. The zero-order valence-corrected chi connectivity index (χ0v) is 19.7. The van der Waals surface area contributed by atoms with Crippen LogP contribution in [0.1, 0.15) is 35.1 Å². The molecule has 0 saturated heterocycles. The molecule has 0 radical (unpaired) electrons. The number of benzene rings is 2. The molecular formula is C26H22F6Ti. The molecule has 0 aliphatic heterocycles. The molecule has 0 aromatic heterocycles. The van der Waals surface area contributed by atoms with Crippen LogP contribution in [0.2, 0.25) is 0 Å². The van der Waals surface area contributed by atoms with Gasteiger partial charge in [0.2, 0.25) is 0 Å². The first-order chi connectivity index (χ1) is 15.5. The number of rotatable bonds is 4. The third-order valence-corrected chi connectivity index (χ3v) is 14.3. The van der Waals surface area contributed by atoms with Crippen molar-refractivity contribution in [2.45, 2.75) is 39.0 Å². The first kappa shape index (κ1) is 23.8. The summed E-state index contributed by atoms with van der Waals surface area (Å²) in [7, 11) is 0. The number of allylic oxidation sites excluding steroid dienone is 8. The van der Waals surface area contributed by atoms with E-state index in [9.17, 15) is 26.3 Å². The topological polar surface area (TPSA) is 0 Å². The Bertz CT molecular complexity index is 1110. The maximum absolute atomic E-state index is 14.4. The molecule has 172 valence electrons. The molecule has 0 spiro atoms. The van der Waals surface area contributed by atoms with Crippen molar-refractivity contribution in [1.82, 2.24) is 0 Å². The molecule has 0 nitrogen and oxygen atoms in total. The molecule has 2 aromatic carbocycles. The molecule has 0 amide bonds. The normalized spacial score (nSPS) is 16.4. The van der Waals surface area contributed by atoms with Gasteiger partial charge in [-0.05, 0) is 0 Å². The van der Waals surface area contributed by atoms with Crippen molar-refractivity contribution in [2.75, 3.05) is 0 Å². The Balaban J connectivity index is 2.20. The van der Waals surface area contributed by atoms with E-state index in [1.807, 2.05) is 0 Å². The molecule has 0 bridgehead atoms. The molecule has 7 heteroatoms. The van der Waals surface area contributed by atoms with E-state index in [1.54, 1.807) is 62.4 Å². The van der Waals surface area contributed by atoms with Crippen molar-refractivity contribution in [3.05, 3.63) is 103 Å². The van der Waals surface area contributed by atoms with Crippen molar-refractivity contribution in [3.8, 4) is 0 Å². The summed E-state index contributed by atoms with van der Waals surface area (Å²) in [5.74, 6) is 0. The van der Waals surface area contributed by atoms with E-state index in [0.717, 1.165) is 12.1 Å². The summed E-state index contributed by atoms with van der Waals surface area (Å²) in [5, 5.41) is 0. The van der Waals surface area contributed by atoms with E-state index < -0.39 is 40.1 Å². The third kappa shape index (κ3) is 4.19. The Morgan fingerprint density at radius 2 is 1.03 bits per heavy atom. The third-order valence-electron chi connectivity index (χ3n) is 6.27. The molecule has 2 aromatic rings. The summed E-state index contributed by atoms with van der Waals surface area (Å²) in [6.45, 7) is 3.13. The molecule has 0 N–H and O–H groups in total. The average Bonchev–Trinajstić information content (AvgIpc) is 3.44. The Morgan fingerprint density at radius 3 is 1.33 bits per heavy atom. The molecule has 0 fully saturated rings. The molecule has 4 rings (SSSR count). The van der Waals surface area contributed by atoms with Gasteiger partial charge in [0.1, 0.15) is 0 Å². The zero-order chi connectivity index (χ0) is 24.0. The number of alkyl halides is 6. The molecular weight excluding hydrogens is 474 g/mol. The Hall–Kier alpha value is -2.31. The predicted molar refractivity (Wildman–Crippen MR) is 115 cm³/mol. The van der Waals surface area contributed by atoms with E-state index in [0.29, 0.717) is 31.7 Å². The van der Waals surface area contributed by atoms with Gasteiger partial charge in [-0.3, -0.25) is 0 Å². The molecule has 2 aliphatic rings. The summed E-state index contributed by atoms with van der Waals surface area (Å²) < 4.78 is 87.7. The van der Waals surface area contributed by atoms with Gasteiger partial charge in [-0.25, -0.2) is 0 Å². The van der Waals surface area contributed by atoms with Crippen molar-refractivity contribution in [3.63, 3.8) is 0 Å². The second kappa shape index (κ2) is 8.48. The zero-order valence-electron chi connectivity index (χ0n) is 18.1. The minimum absolute atomic E-state index is 0.00681. The van der Waals surface area contributed by atoms with Gasteiger partial charge in [0.25, 0.3) is 0 Å². The Kier molecular flexibility index (Phi) is 6.13. The Labute approximate surface area is 192 Å². The van der Waals surface area contributed by atoms with Crippen LogP contribution in [0.25, 0.3) is 0 Å². The molecule has 0 saturated carbocycles. The number of hydrogen-bond acceptors (Lipinski definition) is 0. The predicted octanol–water partition coefficient (Wildman–Crippen LogP) is 7.13. The van der Waals surface area contributed by atoms with Gasteiger partial charge in [-0.2, -0.15) is 0 Å². The van der Waals surface area contributed by atoms with Gasteiger partial charge >= 0.3 is 193 Å². The van der Waals surface area contributed by atoms with Gasteiger partial charge in [-0.15, -0.1) is 0 Å². The number of halogens is 6. The van der Waals surface area contributed by atoms with Crippen LogP contribution < -0.4 is 7.74 Å². The standard InChI is InChI=1S/2C8H6F3.2C5H5.Ti/c2*1-6-3-2-4-7(5-6)8(9,10)11;2*1-2-4-5-3-1;/h2*2-3,5H,1H3;2*1-3H,4H2;. The average molecular weight is 496 g/mol. The SMILES string of the molecule is Cc1cc[c]([Ti]([C]2=CC=CC2)([C]2=CC=CC2)[c]2ccc(C)cc2C(F)(F)F)c(C(F)(F)F)c1. The summed E-state index contributed by atoms with van der Waals surface area (Å²) >= 11 is -4.64. The van der Waals surface area contributed by atoms with E-state index in [2.05, 4.69) is 0 Å². The molecule has 33 heavy (non-hydrogen) atoms. The molecule has 0 unspecified atom stereocenters. The van der Waals surface area contributed by atoms with E-state index in [4.69, 9.17) is 0 Å². The van der Waals surface area contributed by atoms with Crippen LogP contribution in [0, 0.1) is 13.8 Å². The first-order valence-electron chi connectivity index (χ1n) is 10.5. The first-order valence-corrected chi connectivity index (χ1v) is 13.7. The number of hydrogen-bond donors (Lipinski definition) is 0. The second-order valence-electron chi connectivity index (χ2n) is 8.49. The number of aryl methyl sites for hydroxylation is 2. The molecule has 2 aliphatic carbocycles. The van der Waals surface area contributed by atoms with Gasteiger partial charge in [0.05, 0.1) is 0 Å².